The van der Waals surface area contributed by atoms with Gasteiger partial charge in [-0.1, -0.05) is 35.6 Å². The normalized spacial score (nSPS) is 24.6. The molecule has 4 fully saturated rings. The third-order valence-corrected chi connectivity index (χ3v) is 12.1. The van der Waals surface area contributed by atoms with Gasteiger partial charge in [-0.3, -0.25) is 10.1 Å². The van der Waals surface area contributed by atoms with Crippen molar-refractivity contribution in [3.05, 3.63) is 88.2 Å². The summed E-state index contributed by atoms with van der Waals surface area (Å²) in [6, 6.07) is 17.2. The van der Waals surface area contributed by atoms with E-state index in [1.54, 1.807) is 6.07 Å². The highest BCUT2D eigenvalue weighted by Gasteiger charge is 2.50. The molecule has 9 nitrogen and oxygen atoms in total. The lowest BCUT2D eigenvalue weighted by atomic mass is 9.49. The summed E-state index contributed by atoms with van der Waals surface area (Å²) in [7, 11) is 0. The lowest BCUT2D eigenvalue weighted by Gasteiger charge is -2.57. The van der Waals surface area contributed by atoms with Gasteiger partial charge in [0.05, 0.1) is 10.2 Å². The number of rotatable bonds is 9. The van der Waals surface area contributed by atoms with Crippen molar-refractivity contribution in [2.75, 3.05) is 23.3 Å². The highest BCUT2D eigenvalue weighted by Crippen LogP contribution is 2.59. The summed E-state index contributed by atoms with van der Waals surface area (Å²) in [5.41, 5.74) is 5.44. The Balaban J connectivity index is 1.02. The molecular weight excluding hydrogens is 621 g/mol. The summed E-state index contributed by atoms with van der Waals surface area (Å²) in [6.07, 6.45) is 9.95. The quantitative estimate of drug-likeness (QED) is 0.138. The zero-order valence-electron chi connectivity index (χ0n) is 27.1. The average Bonchev–Trinajstić information content (AvgIpc) is 3.49. The molecule has 1 amide bonds. The Hall–Kier alpha value is -4.57. The number of aromatic carboxylic acids is 1. The van der Waals surface area contributed by atoms with E-state index in [9.17, 15) is 14.7 Å². The molecule has 48 heavy (non-hydrogen) atoms. The molecule has 4 aliphatic carbocycles. The van der Waals surface area contributed by atoms with E-state index in [0.29, 0.717) is 52.6 Å². The molecule has 10 heteroatoms. The number of benzene rings is 2. The van der Waals surface area contributed by atoms with Crippen LogP contribution in [0.25, 0.3) is 15.8 Å². The van der Waals surface area contributed by atoms with Crippen molar-refractivity contribution >= 4 is 56.2 Å². The zero-order chi connectivity index (χ0) is 33.0. The summed E-state index contributed by atoms with van der Waals surface area (Å²) in [5.74, 6) is 1.74. The topological polar surface area (TPSA) is 131 Å². The van der Waals surface area contributed by atoms with Crippen molar-refractivity contribution in [3.8, 4) is 0 Å². The second-order valence-electron chi connectivity index (χ2n) is 14.4. The van der Waals surface area contributed by atoms with Gasteiger partial charge in [-0.2, -0.15) is 0 Å². The number of aromatic nitrogens is 2. The number of carbonyl (C=O) groups is 2. The van der Waals surface area contributed by atoms with Crippen molar-refractivity contribution in [1.29, 1.82) is 5.41 Å². The first-order valence-corrected chi connectivity index (χ1v) is 17.8. The van der Waals surface area contributed by atoms with E-state index >= 15 is 0 Å². The van der Waals surface area contributed by atoms with Crippen LogP contribution in [0.15, 0.2) is 60.3 Å². The number of carboxylic acids is 1. The van der Waals surface area contributed by atoms with Crippen LogP contribution in [-0.4, -0.2) is 46.3 Å². The molecule has 2 aromatic carbocycles. The number of hydrogen-bond acceptors (Lipinski definition) is 8. The highest BCUT2D eigenvalue weighted by atomic mass is 32.1. The fourth-order valence-corrected chi connectivity index (χ4v) is 10.3. The molecule has 5 aliphatic rings. The number of hydrogen-bond donors (Lipinski definition) is 4. The molecule has 2 aromatic heterocycles. The van der Waals surface area contributed by atoms with Crippen molar-refractivity contribution in [2.45, 2.75) is 58.4 Å². The van der Waals surface area contributed by atoms with E-state index in [1.807, 2.05) is 60.4 Å². The molecule has 1 aliphatic heterocycles. The monoisotopic (exact) mass is 660 g/mol. The van der Waals surface area contributed by atoms with Crippen LogP contribution < -0.4 is 15.5 Å². The molecule has 0 atom stereocenters. The van der Waals surface area contributed by atoms with Gasteiger partial charge in [0.2, 0.25) is 0 Å². The lowest BCUT2D eigenvalue weighted by Crippen LogP contribution is -2.50. The van der Waals surface area contributed by atoms with Crippen LogP contribution in [0, 0.1) is 28.6 Å². The molecule has 9 rings (SSSR count). The fraction of sp³-hybridized carbons (Fsp3) is 0.395. The number of amides is 1. The van der Waals surface area contributed by atoms with Crippen LogP contribution in [-0.2, 0) is 13.0 Å². The second kappa shape index (κ2) is 12.1. The van der Waals surface area contributed by atoms with Crippen LogP contribution in [0.3, 0.4) is 0 Å². The van der Waals surface area contributed by atoms with Gasteiger partial charge in [0.1, 0.15) is 5.82 Å². The number of allylic oxidation sites excluding steroid dienone is 2. The predicted octanol–water partition coefficient (Wildman–Crippen LogP) is 7.39. The van der Waals surface area contributed by atoms with E-state index in [-0.39, 0.29) is 11.6 Å². The Morgan fingerprint density at radius 3 is 2.46 bits per heavy atom. The van der Waals surface area contributed by atoms with Crippen LogP contribution >= 0.6 is 11.3 Å². The smallest absolute Gasteiger partial charge is 0.355 e. The second-order valence-corrected chi connectivity index (χ2v) is 15.4. The molecule has 246 valence electrons. The van der Waals surface area contributed by atoms with Gasteiger partial charge in [-0.05, 0) is 116 Å². The van der Waals surface area contributed by atoms with Gasteiger partial charge < -0.3 is 20.7 Å². The molecule has 4 N–H and O–H groups in total. The van der Waals surface area contributed by atoms with Gasteiger partial charge in [0, 0.05) is 48.2 Å². The number of thiazole rings is 1. The maximum absolute atomic E-state index is 13.5. The van der Waals surface area contributed by atoms with Gasteiger partial charge in [-0.15, -0.1) is 0 Å². The van der Waals surface area contributed by atoms with E-state index in [1.165, 1.54) is 56.1 Å². The third-order valence-electron chi connectivity index (χ3n) is 11.2. The van der Waals surface area contributed by atoms with E-state index in [0.717, 1.165) is 51.3 Å². The Labute approximate surface area is 284 Å². The van der Waals surface area contributed by atoms with Crippen LogP contribution in [0.1, 0.15) is 83.0 Å². The first-order chi connectivity index (χ1) is 23.3. The molecule has 4 aromatic rings. The largest absolute Gasteiger partial charge is 0.476 e. The van der Waals surface area contributed by atoms with Gasteiger partial charge in [0.15, 0.2) is 10.8 Å². The fourth-order valence-electron chi connectivity index (χ4n) is 9.39. The minimum Gasteiger partial charge on any atom is -0.476 e. The SMILES string of the molecule is C/C(NCC12CC3CC(CC(C3)C1)C2)=C(/C=N)c1ccc(N2CCc3cccc(C(=O)Nc4nc5ccccc5s4)c3C2)nc1C(=O)O. The third kappa shape index (κ3) is 5.66. The highest BCUT2D eigenvalue weighted by molar-refractivity contribution is 7.22. The van der Waals surface area contributed by atoms with E-state index in [2.05, 4.69) is 20.6 Å². The average molecular weight is 661 g/mol. The van der Waals surface area contributed by atoms with Gasteiger partial charge >= 0.3 is 5.97 Å². The standard InChI is InChI=1S/C38H40N6O3S/c1-22(40-21-38-16-23-13-24(17-38)15-25(14-23)18-38)29(19-39)27-9-10-33(42-34(27)36(46)47)44-12-11-26-5-4-6-28(30(26)20-44)35(45)43-37-41-31-7-2-3-8-32(31)48-37/h2-10,19,23-25,39-40H,11-18,20-21H2,1H3,(H,46,47)(H,41,43,45)/b29-22+,39-19?. The Morgan fingerprint density at radius 2 is 1.75 bits per heavy atom. The predicted molar refractivity (Wildman–Crippen MR) is 190 cm³/mol. The van der Waals surface area contributed by atoms with Crippen molar-refractivity contribution < 1.29 is 14.7 Å². The summed E-state index contributed by atoms with van der Waals surface area (Å²) >= 11 is 1.44. The minimum atomic E-state index is -1.13. The van der Waals surface area contributed by atoms with E-state index in [4.69, 9.17) is 5.41 Å². The molecule has 0 unspecified atom stereocenters. The van der Waals surface area contributed by atoms with Crippen LogP contribution in [0.4, 0.5) is 10.9 Å². The van der Waals surface area contributed by atoms with Crippen molar-refractivity contribution in [2.24, 2.45) is 23.2 Å². The summed E-state index contributed by atoms with van der Waals surface area (Å²) < 4.78 is 1.01. The Bertz CT molecular complexity index is 1910. The number of anilines is 2. The first-order valence-electron chi connectivity index (χ1n) is 17.0. The summed E-state index contributed by atoms with van der Waals surface area (Å²) in [4.78, 5) is 37.4. The molecule has 4 saturated carbocycles. The van der Waals surface area contributed by atoms with Crippen molar-refractivity contribution in [1.82, 2.24) is 15.3 Å². The maximum Gasteiger partial charge on any atom is 0.355 e. The summed E-state index contributed by atoms with van der Waals surface area (Å²) in [6.45, 7) is 3.88. The minimum absolute atomic E-state index is 0.0744. The lowest BCUT2D eigenvalue weighted by molar-refractivity contribution is -0.0501. The molecule has 3 heterocycles. The summed E-state index contributed by atoms with van der Waals surface area (Å²) in [5, 5.41) is 25.8. The number of nitrogens with zero attached hydrogens (tertiary/aromatic N) is 3. The number of carbonyl (C=O) groups excluding carboxylic acids is 1. The van der Waals surface area contributed by atoms with E-state index < -0.39 is 5.97 Å². The Kier molecular flexibility index (Phi) is 7.78. The van der Waals surface area contributed by atoms with Crippen molar-refractivity contribution in [3.63, 3.8) is 0 Å². The maximum atomic E-state index is 13.5. The zero-order valence-corrected chi connectivity index (χ0v) is 27.9. The molecule has 4 bridgehead atoms. The molecule has 0 radical (unpaired) electrons. The van der Waals surface area contributed by atoms with Crippen LogP contribution in [0.5, 0.6) is 0 Å². The molecule has 0 spiro atoms. The number of carboxylic acid groups (broad SMARTS) is 1. The number of para-hydroxylation sites is 1. The first kappa shape index (κ1) is 30.7. The van der Waals surface area contributed by atoms with Crippen LogP contribution in [0.2, 0.25) is 0 Å². The number of pyridine rings is 1. The van der Waals surface area contributed by atoms with Gasteiger partial charge in [0.25, 0.3) is 5.91 Å². The Morgan fingerprint density at radius 1 is 1.00 bits per heavy atom. The van der Waals surface area contributed by atoms with Gasteiger partial charge in [-0.25, -0.2) is 14.8 Å². The molecule has 0 saturated heterocycles. The number of nitrogens with one attached hydrogen (secondary N) is 3. The molecular formula is C38H40N6O3S. The number of fused-ring (bicyclic) bond motifs is 2.